The number of nitrogens with one attached hydrogen (secondary N) is 1. The molecule has 1 aliphatic heterocycles. The minimum Gasteiger partial charge on any atom is -0.449 e. The second kappa shape index (κ2) is 9.13. The van der Waals surface area contributed by atoms with Crippen molar-refractivity contribution >= 4 is 23.7 Å². The maximum absolute atomic E-state index is 11.6. The highest BCUT2D eigenvalue weighted by atomic mass is 35.5. The van der Waals surface area contributed by atoms with Crippen LogP contribution >= 0.6 is 11.6 Å². The zero-order valence-electron chi connectivity index (χ0n) is 15.5. The van der Waals surface area contributed by atoms with Gasteiger partial charge in [0, 0.05) is 17.6 Å². The van der Waals surface area contributed by atoms with Gasteiger partial charge in [-0.05, 0) is 48.7 Å². The Morgan fingerprint density at radius 3 is 2.69 bits per heavy atom. The largest absolute Gasteiger partial charge is 0.513 e. The number of rotatable bonds is 7. The molecule has 2 aromatic rings. The molecule has 0 aliphatic carbocycles. The predicted octanol–water partition coefficient (Wildman–Crippen LogP) is 2.91. The molecule has 0 unspecified atom stereocenters. The first-order valence-corrected chi connectivity index (χ1v) is 9.27. The van der Waals surface area contributed by atoms with Gasteiger partial charge in [-0.25, -0.2) is 9.59 Å². The fourth-order valence-corrected chi connectivity index (χ4v) is 3.12. The lowest BCUT2D eigenvalue weighted by molar-refractivity contribution is -0.156. The van der Waals surface area contributed by atoms with Crippen molar-refractivity contribution in [3.05, 3.63) is 58.6 Å². The van der Waals surface area contributed by atoms with Crippen molar-refractivity contribution in [2.24, 2.45) is 0 Å². The van der Waals surface area contributed by atoms with E-state index >= 15 is 0 Å². The van der Waals surface area contributed by atoms with Gasteiger partial charge in [0.2, 0.25) is 0 Å². The normalized spacial score (nSPS) is 16.9. The van der Waals surface area contributed by atoms with Crippen molar-refractivity contribution in [3.8, 4) is 11.5 Å². The molecule has 29 heavy (non-hydrogen) atoms. The minimum absolute atomic E-state index is 0.0389. The number of halogens is 1. The molecule has 3 atom stereocenters. The van der Waals surface area contributed by atoms with E-state index in [1.165, 1.54) is 0 Å². The molecule has 2 aromatic carbocycles. The molecule has 3 N–H and O–H groups in total. The first-order valence-electron chi connectivity index (χ1n) is 8.89. The van der Waals surface area contributed by atoms with Gasteiger partial charge in [0.1, 0.15) is 0 Å². The van der Waals surface area contributed by atoms with E-state index in [2.05, 4.69) is 10.1 Å². The van der Waals surface area contributed by atoms with Crippen LogP contribution in [-0.4, -0.2) is 41.2 Å². The van der Waals surface area contributed by atoms with E-state index in [0.717, 1.165) is 11.1 Å². The Hall–Kier alpha value is -2.81. The second-order valence-corrected chi connectivity index (χ2v) is 7.06. The lowest BCUT2D eigenvalue weighted by Crippen LogP contribution is -2.32. The van der Waals surface area contributed by atoms with Gasteiger partial charge in [0.15, 0.2) is 11.5 Å². The third kappa shape index (κ3) is 5.60. The van der Waals surface area contributed by atoms with Crippen molar-refractivity contribution in [2.45, 2.75) is 31.8 Å². The fourth-order valence-electron chi connectivity index (χ4n) is 2.92. The molecule has 0 amide bonds. The average molecular weight is 422 g/mol. The smallest absolute Gasteiger partial charge is 0.449 e. The quantitative estimate of drug-likeness (QED) is 0.462. The number of ether oxygens (including phenoxy) is 3. The summed E-state index contributed by atoms with van der Waals surface area (Å²) in [4.78, 5) is 22.0. The van der Waals surface area contributed by atoms with Gasteiger partial charge >= 0.3 is 18.4 Å². The van der Waals surface area contributed by atoms with E-state index in [-0.39, 0.29) is 6.04 Å². The number of hydrogen-bond acceptors (Lipinski definition) is 7. The van der Waals surface area contributed by atoms with Gasteiger partial charge in [0.05, 0.1) is 6.10 Å². The maximum atomic E-state index is 11.6. The van der Waals surface area contributed by atoms with Crippen LogP contribution in [0.2, 0.25) is 5.02 Å². The minimum atomic E-state index is -1.72. The number of benzene rings is 2. The molecule has 8 nitrogen and oxygen atoms in total. The van der Waals surface area contributed by atoms with E-state index in [9.17, 15) is 14.7 Å². The summed E-state index contributed by atoms with van der Waals surface area (Å²) in [5.74, 6) is -0.473. The molecule has 0 aromatic heterocycles. The molecular formula is C20H20ClNO7. The molecule has 0 radical (unpaired) electrons. The van der Waals surface area contributed by atoms with E-state index in [1.807, 2.05) is 19.1 Å². The van der Waals surface area contributed by atoms with E-state index in [4.69, 9.17) is 26.2 Å². The van der Waals surface area contributed by atoms with E-state index in [1.54, 1.807) is 30.3 Å². The number of hydrogen-bond donors (Lipinski definition) is 3. The maximum Gasteiger partial charge on any atom is 0.513 e. The lowest BCUT2D eigenvalue weighted by Gasteiger charge is -2.18. The van der Waals surface area contributed by atoms with Crippen molar-refractivity contribution in [3.63, 3.8) is 0 Å². The van der Waals surface area contributed by atoms with Crippen LogP contribution in [0.25, 0.3) is 0 Å². The Labute approximate surface area is 172 Å². The molecule has 3 rings (SSSR count). The zero-order chi connectivity index (χ0) is 21.0. The predicted molar refractivity (Wildman–Crippen MR) is 103 cm³/mol. The lowest BCUT2D eigenvalue weighted by atomic mass is 10.1. The van der Waals surface area contributed by atoms with Crippen LogP contribution in [0.4, 0.5) is 4.79 Å². The molecule has 1 aliphatic rings. The Kier molecular flexibility index (Phi) is 6.58. The number of esters is 1. The Bertz CT molecular complexity index is 904. The Morgan fingerprint density at radius 2 is 1.97 bits per heavy atom. The summed E-state index contributed by atoms with van der Waals surface area (Å²) in [6.07, 6.45) is -3.23. The van der Waals surface area contributed by atoms with Gasteiger partial charge in [-0.3, -0.25) is 0 Å². The van der Waals surface area contributed by atoms with Crippen molar-refractivity contribution in [1.29, 1.82) is 0 Å². The topological polar surface area (TPSA) is 114 Å². The number of carboxylic acid groups (broad SMARTS) is 1. The first kappa shape index (κ1) is 20.9. The van der Waals surface area contributed by atoms with Crippen molar-refractivity contribution in [1.82, 2.24) is 5.32 Å². The molecule has 0 fully saturated rings. The van der Waals surface area contributed by atoms with Crippen LogP contribution < -0.4 is 14.8 Å². The average Bonchev–Trinajstić information content (AvgIpc) is 3.09. The number of carbonyl (C=O) groups excluding carboxylic acids is 1. The zero-order valence-corrected chi connectivity index (χ0v) is 16.3. The van der Waals surface area contributed by atoms with Crippen molar-refractivity contribution in [2.75, 3.05) is 6.54 Å². The molecular weight excluding hydrogens is 402 g/mol. The third-order valence-electron chi connectivity index (χ3n) is 4.29. The summed E-state index contributed by atoms with van der Waals surface area (Å²) in [6, 6.07) is 12.3. The van der Waals surface area contributed by atoms with E-state index in [0.29, 0.717) is 29.5 Å². The summed E-state index contributed by atoms with van der Waals surface area (Å²) in [5.41, 5.74) is 1.65. The summed E-state index contributed by atoms with van der Waals surface area (Å²) in [6.45, 7) is 2.33. The molecule has 0 saturated carbocycles. The fraction of sp³-hybridized carbons (Fsp3) is 0.300. The van der Waals surface area contributed by atoms with Gasteiger partial charge in [-0.2, -0.15) is 0 Å². The highest BCUT2D eigenvalue weighted by molar-refractivity contribution is 6.30. The standard InChI is InChI=1S/C20H20ClNO7/c1-11(22-10-15(23)13-3-2-4-14(21)9-13)7-12-5-6-16-17(8-12)28-19(27-16)18(24)29-20(25)26/h2-6,8-9,11,15,19,22-23H,7,10H2,1H3,(H,25,26)/t11-,15-,19+/m0/s1. The molecule has 0 bridgehead atoms. The van der Waals surface area contributed by atoms with Crippen LogP contribution in [0.5, 0.6) is 11.5 Å². The number of fused-ring (bicyclic) bond motifs is 1. The summed E-state index contributed by atoms with van der Waals surface area (Å²) in [7, 11) is 0. The van der Waals surface area contributed by atoms with Gasteiger partial charge in [-0.1, -0.05) is 29.8 Å². The SMILES string of the molecule is C[C@@H](Cc1ccc2c(c1)O[C@H](C(=O)OC(=O)O)O2)NC[C@H](O)c1cccc(Cl)c1. The Balaban J connectivity index is 1.53. The third-order valence-corrected chi connectivity index (χ3v) is 4.53. The monoisotopic (exact) mass is 421 g/mol. The van der Waals surface area contributed by atoms with Gasteiger partial charge < -0.3 is 29.7 Å². The molecule has 1 heterocycles. The number of carbonyl (C=O) groups is 2. The summed E-state index contributed by atoms with van der Waals surface area (Å²) >= 11 is 5.95. The van der Waals surface area contributed by atoms with Crippen LogP contribution in [0.3, 0.4) is 0 Å². The summed E-state index contributed by atoms with van der Waals surface area (Å²) < 4.78 is 14.6. The van der Waals surface area contributed by atoms with Crippen LogP contribution in [0, 0.1) is 0 Å². The van der Waals surface area contributed by atoms with Crippen LogP contribution in [0.15, 0.2) is 42.5 Å². The second-order valence-electron chi connectivity index (χ2n) is 6.62. The molecule has 9 heteroatoms. The molecule has 0 saturated heterocycles. The summed E-state index contributed by atoms with van der Waals surface area (Å²) in [5, 5.41) is 22.6. The van der Waals surface area contributed by atoms with E-state index < -0.39 is 24.5 Å². The molecule has 154 valence electrons. The number of aliphatic hydroxyl groups is 1. The highest BCUT2D eigenvalue weighted by Crippen LogP contribution is 2.36. The van der Waals surface area contributed by atoms with Gasteiger partial charge in [-0.15, -0.1) is 0 Å². The van der Waals surface area contributed by atoms with Crippen LogP contribution in [0.1, 0.15) is 24.2 Å². The Morgan fingerprint density at radius 1 is 1.21 bits per heavy atom. The number of aliphatic hydroxyl groups excluding tert-OH is 1. The van der Waals surface area contributed by atoms with Crippen molar-refractivity contribution < 1.29 is 34.0 Å². The van der Waals surface area contributed by atoms with Crippen LogP contribution in [-0.2, 0) is 16.0 Å². The first-order chi connectivity index (χ1) is 13.8. The highest BCUT2D eigenvalue weighted by Gasteiger charge is 2.34. The van der Waals surface area contributed by atoms with Gasteiger partial charge in [0.25, 0.3) is 0 Å². The molecule has 0 spiro atoms.